The van der Waals surface area contributed by atoms with Gasteiger partial charge in [-0.25, -0.2) is 9.59 Å². The highest BCUT2D eigenvalue weighted by molar-refractivity contribution is 7.87. The standard InChI is InChI=1S/C26H42O9S/c1-3-5-7-9-11-13-15-17-20(25(29)30)22(27)19-23(36(33,34)35)24(28)21(26(31)32)18-16-14-12-10-8-6-4-2/h17-18,23H,3-16,19H2,1-2H3,(H,29,30)(H,31,32)(H,33,34,35)/b20-17-,21-18-. The molecule has 0 bridgehead atoms. The zero-order valence-corrected chi connectivity index (χ0v) is 22.4. The number of hydrogen-bond donors (Lipinski definition) is 3. The Labute approximate surface area is 214 Å². The number of ketones is 2. The van der Waals surface area contributed by atoms with Crippen LogP contribution in [0.4, 0.5) is 0 Å². The first-order chi connectivity index (χ1) is 17.0. The van der Waals surface area contributed by atoms with Gasteiger partial charge in [0.05, 0.1) is 11.1 Å². The Kier molecular flexibility index (Phi) is 17.6. The molecule has 0 saturated carbocycles. The van der Waals surface area contributed by atoms with E-state index in [0.29, 0.717) is 12.8 Å². The number of carbonyl (C=O) groups is 4. The van der Waals surface area contributed by atoms with Crippen molar-refractivity contribution in [2.24, 2.45) is 0 Å². The third-order valence-corrected chi connectivity index (χ3v) is 6.96. The van der Waals surface area contributed by atoms with Crippen LogP contribution in [-0.4, -0.2) is 51.9 Å². The molecule has 0 aromatic heterocycles. The van der Waals surface area contributed by atoms with Gasteiger partial charge in [0.1, 0.15) is 0 Å². The van der Waals surface area contributed by atoms with Crippen molar-refractivity contribution >= 4 is 33.6 Å². The Bertz CT molecular complexity index is 885. The molecule has 0 radical (unpaired) electrons. The van der Waals surface area contributed by atoms with E-state index in [9.17, 15) is 42.4 Å². The van der Waals surface area contributed by atoms with Gasteiger partial charge in [0.2, 0.25) is 0 Å². The monoisotopic (exact) mass is 530 g/mol. The predicted molar refractivity (Wildman–Crippen MR) is 137 cm³/mol. The van der Waals surface area contributed by atoms with Gasteiger partial charge in [0, 0.05) is 6.42 Å². The van der Waals surface area contributed by atoms with Gasteiger partial charge in [-0.2, -0.15) is 8.42 Å². The Hall–Kier alpha value is -2.33. The zero-order valence-electron chi connectivity index (χ0n) is 21.5. The van der Waals surface area contributed by atoms with E-state index in [1.54, 1.807) is 0 Å². The van der Waals surface area contributed by atoms with Crippen LogP contribution in [0.3, 0.4) is 0 Å². The highest BCUT2D eigenvalue weighted by Gasteiger charge is 2.38. The molecule has 0 heterocycles. The minimum Gasteiger partial charge on any atom is -0.478 e. The summed E-state index contributed by atoms with van der Waals surface area (Å²) in [7, 11) is -5.18. The number of allylic oxidation sites excluding steroid dienone is 2. The molecule has 0 aliphatic carbocycles. The van der Waals surface area contributed by atoms with Gasteiger partial charge in [-0.3, -0.25) is 14.1 Å². The van der Waals surface area contributed by atoms with E-state index in [1.807, 2.05) is 0 Å². The Morgan fingerprint density at radius 3 is 1.44 bits per heavy atom. The number of carbonyl (C=O) groups excluding carboxylic acids is 2. The van der Waals surface area contributed by atoms with Gasteiger partial charge in [0.15, 0.2) is 16.8 Å². The van der Waals surface area contributed by atoms with Crippen molar-refractivity contribution in [3.63, 3.8) is 0 Å². The highest BCUT2D eigenvalue weighted by Crippen LogP contribution is 2.18. The van der Waals surface area contributed by atoms with Crippen LogP contribution < -0.4 is 0 Å². The van der Waals surface area contributed by atoms with Gasteiger partial charge in [0.25, 0.3) is 10.1 Å². The van der Waals surface area contributed by atoms with Crippen molar-refractivity contribution in [3.05, 3.63) is 23.3 Å². The van der Waals surface area contributed by atoms with Crippen LogP contribution in [0.25, 0.3) is 0 Å². The van der Waals surface area contributed by atoms with E-state index >= 15 is 0 Å². The Balaban J connectivity index is 5.39. The van der Waals surface area contributed by atoms with Crippen molar-refractivity contribution in [1.29, 1.82) is 0 Å². The second kappa shape index (κ2) is 18.9. The fraction of sp³-hybridized carbons (Fsp3) is 0.692. The molecule has 1 atom stereocenters. The number of aliphatic carboxylic acids is 2. The molecule has 1 unspecified atom stereocenters. The number of carboxylic acids is 2. The molecule has 0 aromatic carbocycles. The van der Waals surface area contributed by atoms with Crippen LogP contribution in [-0.2, 0) is 29.3 Å². The summed E-state index contributed by atoms with van der Waals surface area (Å²) in [6, 6.07) is 0. The highest BCUT2D eigenvalue weighted by atomic mass is 32.2. The lowest BCUT2D eigenvalue weighted by Crippen LogP contribution is -2.36. The largest absolute Gasteiger partial charge is 0.478 e. The Morgan fingerprint density at radius 2 is 1.06 bits per heavy atom. The minimum absolute atomic E-state index is 0.212. The second-order valence-corrected chi connectivity index (χ2v) is 10.6. The van der Waals surface area contributed by atoms with Gasteiger partial charge in [-0.1, -0.05) is 90.2 Å². The summed E-state index contributed by atoms with van der Waals surface area (Å²) in [5, 5.41) is 16.4. The molecule has 0 amide bonds. The quantitative estimate of drug-likeness (QED) is 0.0554. The van der Waals surface area contributed by atoms with Crippen LogP contribution in [0.1, 0.15) is 110 Å². The molecule has 0 saturated heterocycles. The first kappa shape index (κ1) is 33.7. The minimum atomic E-state index is -5.18. The van der Waals surface area contributed by atoms with Gasteiger partial charge < -0.3 is 10.2 Å². The molecule has 3 N–H and O–H groups in total. The second-order valence-electron chi connectivity index (χ2n) is 8.95. The summed E-state index contributed by atoms with van der Waals surface area (Å²) in [5.74, 6) is -5.86. The van der Waals surface area contributed by atoms with Gasteiger partial charge >= 0.3 is 11.9 Å². The topological polar surface area (TPSA) is 163 Å². The average molecular weight is 531 g/mol. The van der Waals surface area contributed by atoms with E-state index in [1.165, 1.54) is 6.08 Å². The van der Waals surface area contributed by atoms with Crippen LogP contribution in [0.15, 0.2) is 23.3 Å². The number of carboxylic acid groups (broad SMARTS) is 2. The van der Waals surface area contributed by atoms with Gasteiger partial charge in [-0.05, 0) is 25.7 Å². The first-order valence-corrected chi connectivity index (χ1v) is 14.4. The number of unbranched alkanes of at least 4 members (excludes halogenated alkanes) is 12. The Morgan fingerprint density at radius 1 is 0.667 bits per heavy atom. The lowest BCUT2D eigenvalue weighted by molar-refractivity contribution is -0.137. The summed E-state index contributed by atoms with van der Waals surface area (Å²) < 4.78 is 33.3. The van der Waals surface area contributed by atoms with Gasteiger partial charge in [-0.15, -0.1) is 0 Å². The molecule has 0 aromatic rings. The van der Waals surface area contributed by atoms with Crippen molar-refractivity contribution < 1.29 is 42.4 Å². The maximum Gasteiger partial charge on any atom is 0.339 e. The number of Topliss-reactive ketones (excluding diaryl/α,β-unsaturated/α-hetero) is 2. The van der Waals surface area contributed by atoms with Crippen LogP contribution in [0, 0.1) is 0 Å². The van der Waals surface area contributed by atoms with Crippen LogP contribution in [0.2, 0.25) is 0 Å². The van der Waals surface area contributed by atoms with E-state index in [2.05, 4.69) is 13.8 Å². The average Bonchev–Trinajstić information content (AvgIpc) is 2.79. The number of rotatable bonds is 22. The van der Waals surface area contributed by atoms with E-state index < -0.39 is 56.4 Å². The summed E-state index contributed by atoms with van der Waals surface area (Å²) in [5.41, 5.74) is -1.52. The van der Waals surface area contributed by atoms with Crippen molar-refractivity contribution in [2.45, 2.75) is 115 Å². The summed E-state index contributed by atoms with van der Waals surface area (Å²) in [6.07, 6.45) is 12.9. The SMILES string of the molecule is CCCCCCCC/C=C(\C(=O)O)C(=O)CC(C(=O)/C(=C/CCCCCCCC)C(=O)O)S(=O)(=O)O. The molecule has 36 heavy (non-hydrogen) atoms. The number of hydrogen-bond acceptors (Lipinski definition) is 6. The van der Waals surface area contributed by atoms with E-state index in [4.69, 9.17) is 0 Å². The maximum atomic E-state index is 12.7. The van der Waals surface area contributed by atoms with Crippen molar-refractivity contribution in [1.82, 2.24) is 0 Å². The summed E-state index contributed by atoms with van der Waals surface area (Å²) >= 11 is 0. The molecule has 0 aliphatic heterocycles. The normalized spacial score (nSPS) is 13.4. The van der Waals surface area contributed by atoms with E-state index in [0.717, 1.165) is 70.3 Å². The first-order valence-electron chi connectivity index (χ1n) is 12.9. The van der Waals surface area contributed by atoms with Crippen LogP contribution >= 0.6 is 0 Å². The molecule has 0 aliphatic rings. The smallest absolute Gasteiger partial charge is 0.339 e. The molecule has 10 heteroatoms. The molecule has 0 rings (SSSR count). The fourth-order valence-electron chi connectivity index (χ4n) is 3.74. The van der Waals surface area contributed by atoms with Crippen LogP contribution in [0.5, 0.6) is 0 Å². The summed E-state index contributed by atoms with van der Waals surface area (Å²) in [6.45, 7) is 4.16. The summed E-state index contributed by atoms with van der Waals surface area (Å²) in [4.78, 5) is 48.5. The zero-order chi connectivity index (χ0) is 27.6. The van der Waals surface area contributed by atoms with Crippen molar-refractivity contribution in [2.75, 3.05) is 0 Å². The predicted octanol–water partition coefficient (Wildman–Crippen LogP) is 5.29. The lowest BCUT2D eigenvalue weighted by atomic mass is 9.98. The molecule has 206 valence electrons. The molecule has 0 spiro atoms. The maximum absolute atomic E-state index is 12.7. The molecule has 9 nitrogen and oxygen atoms in total. The third-order valence-electron chi connectivity index (χ3n) is 5.86. The fourth-order valence-corrected chi connectivity index (χ4v) is 4.50. The molecule has 0 fully saturated rings. The molecular formula is C26H42O9S. The molecular weight excluding hydrogens is 488 g/mol. The van der Waals surface area contributed by atoms with Crippen molar-refractivity contribution in [3.8, 4) is 0 Å². The van der Waals surface area contributed by atoms with E-state index in [-0.39, 0.29) is 12.8 Å². The third kappa shape index (κ3) is 14.3. The lowest BCUT2D eigenvalue weighted by Gasteiger charge is -2.13.